The van der Waals surface area contributed by atoms with E-state index >= 15 is 0 Å². The van der Waals surface area contributed by atoms with Crippen molar-refractivity contribution in [1.29, 1.82) is 0 Å². The molecule has 2 heterocycles. The fourth-order valence-corrected chi connectivity index (χ4v) is 4.46. The van der Waals surface area contributed by atoms with Crippen LogP contribution in [-0.4, -0.2) is 47.1 Å². The second-order valence-electron chi connectivity index (χ2n) is 8.27. The quantitative estimate of drug-likeness (QED) is 0.622. The number of piperazine rings is 1. The van der Waals surface area contributed by atoms with E-state index in [-0.39, 0.29) is 11.7 Å². The Morgan fingerprint density at radius 1 is 0.935 bits per heavy atom. The van der Waals surface area contributed by atoms with E-state index in [1.807, 2.05) is 29.2 Å². The van der Waals surface area contributed by atoms with Gasteiger partial charge in [0, 0.05) is 48.9 Å². The summed E-state index contributed by atoms with van der Waals surface area (Å²) in [5.74, 6) is 1.47. The van der Waals surface area contributed by atoms with Crippen LogP contribution in [0.4, 0.5) is 10.1 Å². The van der Waals surface area contributed by atoms with E-state index in [0.29, 0.717) is 30.4 Å². The monoisotopic (exact) mass is 420 g/mol. The molecule has 2 fully saturated rings. The molecular formula is C24H25FN4O2. The third-order valence-corrected chi connectivity index (χ3v) is 6.29. The van der Waals surface area contributed by atoms with E-state index in [4.69, 9.17) is 4.52 Å². The van der Waals surface area contributed by atoms with Gasteiger partial charge in [0.1, 0.15) is 5.82 Å². The Labute approximate surface area is 180 Å². The molecule has 2 aliphatic rings. The summed E-state index contributed by atoms with van der Waals surface area (Å²) in [4.78, 5) is 21.5. The van der Waals surface area contributed by atoms with Gasteiger partial charge in [-0.1, -0.05) is 30.1 Å². The summed E-state index contributed by atoms with van der Waals surface area (Å²) in [5, 5.41) is 4.13. The first-order chi connectivity index (χ1) is 15.2. The zero-order valence-electron chi connectivity index (χ0n) is 17.3. The molecule has 7 heteroatoms. The van der Waals surface area contributed by atoms with Crippen molar-refractivity contribution in [2.45, 2.75) is 31.6 Å². The number of carbonyl (C=O) groups is 1. The number of nitrogens with zero attached hydrogens (tertiary/aromatic N) is 4. The summed E-state index contributed by atoms with van der Waals surface area (Å²) in [6.07, 6.45) is 4.67. The highest BCUT2D eigenvalue weighted by Crippen LogP contribution is 2.33. The lowest BCUT2D eigenvalue weighted by Crippen LogP contribution is -2.48. The van der Waals surface area contributed by atoms with Gasteiger partial charge in [0.2, 0.25) is 11.7 Å². The predicted molar refractivity (Wildman–Crippen MR) is 115 cm³/mol. The SMILES string of the molecule is O=C(c1ccc(-c2noc(C3CCCC3)n2)cc1)N1CCN(c2ccc(F)cc2)CC1. The van der Waals surface area contributed by atoms with Crippen molar-refractivity contribution in [3.05, 3.63) is 65.8 Å². The Bertz CT molecular complexity index is 1030. The number of hydrogen-bond acceptors (Lipinski definition) is 5. The van der Waals surface area contributed by atoms with Crippen molar-refractivity contribution >= 4 is 11.6 Å². The van der Waals surface area contributed by atoms with Crippen molar-refractivity contribution in [2.24, 2.45) is 0 Å². The van der Waals surface area contributed by atoms with Crippen LogP contribution in [0, 0.1) is 5.82 Å². The molecule has 0 bridgehead atoms. The maximum atomic E-state index is 13.1. The molecule has 31 heavy (non-hydrogen) atoms. The van der Waals surface area contributed by atoms with Crippen LogP contribution < -0.4 is 4.90 Å². The zero-order chi connectivity index (χ0) is 21.2. The molecule has 1 amide bonds. The molecule has 0 atom stereocenters. The number of aromatic nitrogens is 2. The number of hydrogen-bond donors (Lipinski definition) is 0. The van der Waals surface area contributed by atoms with Gasteiger partial charge in [-0.25, -0.2) is 4.39 Å². The average molecular weight is 420 g/mol. The molecule has 2 aromatic carbocycles. The van der Waals surface area contributed by atoms with E-state index in [1.54, 1.807) is 12.1 Å². The molecule has 1 aromatic heterocycles. The summed E-state index contributed by atoms with van der Waals surface area (Å²) < 4.78 is 18.6. The molecule has 1 aliphatic carbocycles. The van der Waals surface area contributed by atoms with Gasteiger partial charge >= 0.3 is 0 Å². The molecule has 0 radical (unpaired) electrons. The number of halogens is 1. The van der Waals surface area contributed by atoms with Crippen LogP contribution in [0.5, 0.6) is 0 Å². The van der Waals surface area contributed by atoms with Gasteiger partial charge in [0.25, 0.3) is 5.91 Å². The number of carbonyl (C=O) groups excluding carboxylic acids is 1. The summed E-state index contributed by atoms with van der Waals surface area (Å²) in [6.45, 7) is 2.71. The topological polar surface area (TPSA) is 62.5 Å². The lowest BCUT2D eigenvalue weighted by Gasteiger charge is -2.36. The third kappa shape index (κ3) is 4.17. The minimum atomic E-state index is -0.239. The van der Waals surface area contributed by atoms with Crippen LogP contribution in [0.15, 0.2) is 53.1 Å². The minimum absolute atomic E-state index is 0.0186. The molecule has 0 N–H and O–H groups in total. The van der Waals surface area contributed by atoms with E-state index in [0.717, 1.165) is 43.1 Å². The van der Waals surface area contributed by atoms with Crippen molar-refractivity contribution in [3.8, 4) is 11.4 Å². The molecule has 3 aromatic rings. The van der Waals surface area contributed by atoms with E-state index in [1.165, 1.54) is 25.0 Å². The number of anilines is 1. The van der Waals surface area contributed by atoms with Gasteiger partial charge in [-0.05, 0) is 49.2 Å². The first-order valence-electron chi connectivity index (χ1n) is 10.9. The molecule has 1 aliphatic heterocycles. The molecular weight excluding hydrogens is 395 g/mol. The maximum Gasteiger partial charge on any atom is 0.253 e. The minimum Gasteiger partial charge on any atom is -0.368 e. The van der Waals surface area contributed by atoms with Crippen LogP contribution >= 0.6 is 0 Å². The Hall–Kier alpha value is -3.22. The highest BCUT2D eigenvalue weighted by atomic mass is 19.1. The first kappa shape index (κ1) is 19.7. The zero-order valence-corrected chi connectivity index (χ0v) is 17.3. The van der Waals surface area contributed by atoms with Crippen molar-refractivity contribution in [3.63, 3.8) is 0 Å². The molecule has 0 spiro atoms. The van der Waals surface area contributed by atoms with Crippen LogP contribution in [0.2, 0.25) is 0 Å². The fourth-order valence-electron chi connectivity index (χ4n) is 4.46. The molecule has 160 valence electrons. The van der Waals surface area contributed by atoms with Crippen molar-refractivity contribution in [1.82, 2.24) is 15.0 Å². The van der Waals surface area contributed by atoms with Crippen LogP contribution in [0.3, 0.4) is 0 Å². The second-order valence-corrected chi connectivity index (χ2v) is 8.27. The number of amides is 1. The van der Waals surface area contributed by atoms with Crippen molar-refractivity contribution < 1.29 is 13.7 Å². The molecule has 5 rings (SSSR count). The number of rotatable bonds is 4. The normalized spacial score (nSPS) is 17.3. The summed E-state index contributed by atoms with van der Waals surface area (Å²) >= 11 is 0. The summed E-state index contributed by atoms with van der Waals surface area (Å²) in [5.41, 5.74) is 2.49. The Morgan fingerprint density at radius 3 is 2.29 bits per heavy atom. The number of benzene rings is 2. The predicted octanol–water partition coefficient (Wildman–Crippen LogP) is 4.50. The summed E-state index contributed by atoms with van der Waals surface area (Å²) in [6, 6.07) is 13.9. The summed E-state index contributed by atoms with van der Waals surface area (Å²) in [7, 11) is 0. The van der Waals surface area contributed by atoms with E-state index in [9.17, 15) is 9.18 Å². The lowest BCUT2D eigenvalue weighted by molar-refractivity contribution is 0.0747. The van der Waals surface area contributed by atoms with Gasteiger partial charge in [-0.2, -0.15) is 4.98 Å². The molecule has 1 saturated carbocycles. The smallest absolute Gasteiger partial charge is 0.253 e. The Balaban J connectivity index is 1.21. The van der Waals surface area contributed by atoms with E-state index < -0.39 is 0 Å². The Kier molecular flexibility index (Phi) is 5.40. The van der Waals surface area contributed by atoms with Crippen molar-refractivity contribution in [2.75, 3.05) is 31.1 Å². The maximum absolute atomic E-state index is 13.1. The largest absolute Gasteiger partial charge is 0.368 e. The van der Waals surface area contributed by atoms with Crippen LogP contribution in [0.1, 0.15) is 47.8 Å². The van der Waals surface area contributed by atoms with Gasteiger partial charge < -0.3 is 14.3 Å². The fraction of sp³-hybridized carbons (Fsp3) is 0.375. The van der Waals surface area contributed by atoms with Crippen LogP contribution in [-0.2, 0) is 0 Å². The highest BCUT2D eigenvalue weighted by molar-refractivity contribution is 5.94. The molecule has 6 nitrogen and oxygen atoms in total. The second kappa shape index (κ2) is 8.49. The van der Waals surface area contributed by atoms with Crippen LogP contribution in [0.25, 0.3) is 11.4 Å². The Morgan fingerprint density at radius 2 is 1.61 bits per heavy atom. The first-order valence-corrected chi connectivity index (χ1v) is 10.9. The standard InChI is InChI=1S/C24H25FN4O2/c25-20-9-11-21(12-10-20)28-13-15-29(16-14-28)24(30)19-7-5-17(6-8-19)22-26-23(31-27-22)18-3-1-2-4-18/h5-12,18H,1-4,13-16H2. The molecule has 1 saturated heterocycles. The van der Waals surface area contributed by atoms with Gasteiger partial charge in [0.05, 0.1) is 0 Å². The highest BCUT2D eigenvalue weighted by Gasteiger charge is 2.24. The third-order valence-electron chi connectivity index (χ3n) is 6.29. The molecule has 0 unspecified atom stereocenters. The van der Waals surface area contributed by atoms with Gasteiger partial charge in [-0.3, -0.25) is 4.79 Å². The average Bonchev–Trinajstić information content (AvgIpc) is 3.52. The lowest BCUT2D eigenvalue weighted by atomic mass is 10.1. The van der Waals surface area contributed by atoms with Gasteiger partial charge in [0.15, 0.2) is 0 Å². The van der Waals surface area contributed by atoms with E-state index in [2.05, 4.69) is 15.0 Å². The van der Waals surface area contributed by atoms with Gasteiger partial charge in [-0.15, -0.1) is 0 Å².